The summed E-state index contributed by atoms with van der Waals surface area (Å²) in [5.74, 6) is -0.125. The van der Waals surface area contributed by atoms with Crippen LogP contribution in [0, 0.1) is 0 Å². The number of ether oxygens (including phenoxy) is 1. The fourth-order valence-corrected chi connectivity index (χ4v) is 5.38. The molecule has 8 heteroatoms. The summed E-state index contributed by atoms with van der Waals surface area (Å²) in [6.45, 7) is 5.03. The number of fused-ring (bicyclic) bond motifs is 3. The Hall–Kier alpha value is -4.10. The van der Waals surface area contributed by atoms with E-state index in [4.69, 9.17) is 20.9 Å². The van der Waals surface area contributed by atoms with Gasteiger partial charge in [0.15, 0.2) is 5.82 Å². The van der Waals surface area contributed by atoms with Gasteiger partial charge in [-0.05, 0) is 72.2 Å². The van der Waals surface area contributed by atoms with Gasteiger partial charge in [0, 0.05) is 5.57 Å². The molecule has 7 nitrogen and oxygen atoms in total. The Morgan fingerprint density at radius 1 is 1.08 bits per heavy atom. The highest BCUT2D eigenvalue weighted by molar-refractivity contribution is 6.34. The number of imidazole rings is 1. The first kappa shape index (κ1) is 23.3. The van der Waals surface area contributed by atoms with E-state index in [-0.39, 0.29) is 0 Å². The largest absolute Gasteiger partial charge is 0.465 e. The highest BCUT2D eigenvalue weighted by atomic mass is 35.5. The number of halogens is 1. The van der Waals surface area contributed by atoms with Crippen molar-refractivity contribution in [3.05, 3.63) is 110 Å². The molecule has 6 rings (SSSR count). The molecular formula is C29H25ClN4O3. The molecule has 186 valence electrons. The van der Waals surface area contributed by atoms with Crippen molar-refractivity contribution in [2.24, 2.45) is 0 Å². The van der Waals surface area contributed by atoms with Gasteiger partial charge in [0.1, 0.15) is 5.52 Å². The predicted octanol–water partition coefficient (Wildman–Crippen LogP) is 5.89. The Morgan fingerprint density at radius 3 is 2.70 bits per heavy atom. The smallest absolute Gasteiger partial charge is 0.439 e. The number of rotatable bonds is 5. The van der Waals surface area contributed by atoms with Crippen molar-refractivity contribution in [1.29, 1.82) is 0 Å². The Balaban J connectivity index is 1.48. The molecule has 0 amide bonds. The molecule has 5 aromatic rings. The van der Waals surface area contributed by atoms with E-state index in [2.05, 4.69) is 56.1 Å². The van der Waals surface area contributed by atoms with E-state index in [1.807, 2.05) is 38.1 Å². The molecule has 0 aliphatic heterocycles. The fourth-order valence-electron chi connectivity index (χ4n) is 5.17. The van der Waals surface area contributed by atoms with E-state index in [0.717, 1.165) is 51.7 Å². The second-order valence-corrected chi connectivity index (χ2v) is 9.52. The summed E-state index contributed by atoms with van der Waals surface area (Å²) in [5.41, 5.74) is 9.48. The first-order valence-electron chi connectivity index (χ1n) is 12.3. The Morgan fingerprint density at radius 2 is 1.89 bits per heavy atom. The number of hydrogen-bond donors (Lipinski definition) is 1. The molecule has 2 heterocycles. The zero-order valence-corrected chi connectivity index (χ0v) is 21.3. The van der Waals surface area contributed by atoms with Gasteiger partial charge >= 0.3 is 5.76 Å². The molecule has 0 bridgehead atoms. The number of aromatic amines is 1. The van der Waals surface area contributed by atoms with Crippen molar-refractivity contribution >= 4 is 33.8 Å². The second kappa shape index (κ2) is 9.41. The molecule has 3 aromatic carbocycles. The first-order valence-corrected chi connectivity index (χ1v) is 12.7. The van der Waals surface area contributed by atoms with Gasteiger partial charge in [-0.3, -0.25) is 14.1 Å². The van der Waals surface area contributed by atoms with Crippen LogP contribution < -0.4 is 10.5 Å². The molecule has 1 aliphatic rings. The summed E-state index contributed by atoms with van der Waals surface area (Å²) in [7, 11) is 0. The summed E-state index contributed by atoms with van der Waals surface area (Å²) in [6, 6.07) is 21.3. The number of para-hydroxylation sites is 1. The summed E-state index contributed by atoms with van der Waals surface area (Å²) in [6.07, 6.45) is 1.80. The van der Waals surface area contributed by atoms with Gasteiger partial charge < -0.3 is 4.74 Å². The van der Waals surface area contributed by atoms with Gasteiger partial charge in [0.25, 0.3) is 6.01 Å². The summed E-state index contributed by atoms with van der Waals surface area (Å²) >= 11 is 6.43. The van der Waals surface area contributed by atoms with Crippen LogP contribution in [0.2, 0.25) is 5.02 Å². The van der Waals surface area contributed by atoms with Crippen LogP contribution in [0.3, 0.4) is 0 Å². The maximum absolute atomic E-state index is 11.7. The van der Waals surface area contributed by atoms with E-state index in [1.54, 1.807) is 0 Å². The zero-order chi connectivity index (χ0) is 25.5. The lowest BCUT2D eigenvalue weighted by molar-refractivity contribution is 0.301. The van der Waals surface area contributed by atoms with E-state index >= 15 is 0 Å². The third kappa shape index (κ3) is 4.15. The number of benzene rings is 3. The minimum atomic E-state index is -0.565. The zero-order valence-electron chi connectivity index (χ0n) is 20.5. The number of H-pyrrole nitrogens is 1. The molecule has 1 N–H and O–H groups in total. The molecule has 0 saturated carbocycles. The third-order valence-corrected chi connectivity index (χ3v) is 7.17. The lowest BCUT2D eigenvalue weighted by atomic mass is 9.89. The summed E-state index contributed by atoms with van der Waals surface area (Å²) in [5, 5.41) is 4.57. The summed E-state index contributed by atoms with van der Waals surface area (Å²) in [4.78, 5) is 19.1. The molecule has 0 unspecified atom stereocenters. The number of allylic oxidation sites excluding steroid dienone is 1. The molecule has 0 saturated heterocycles. The number of nitrogens with one attached hydrogen (secondary N) is 1. The van der Waals surface area contributed by atoms with Crippen molar-refractivity contribution in [1.82, 2.24) is 19.7 Å². The maximum atomic E-state index is 11.7. The third-order valence-electron chi connectivity index (χ3n) is 6.87. The van der Waals surface area contributed by atoms with Gasteiger partial charge in [0.2, 0.25) is 0 Å². The average molecular weight is 513 g/mol. The summed E-state index contributed by atoms with van der Waals surface area (Å²) < 4.78 is 12.7. The number of nitrogens with zero attached hydrogens (tertiary/aromatic N) is 3. The van der Waals surface area contributed by atoms with Gasteiger partial charge in [-0.25, -0.2) is 4.79 Å². The van der Waals surface area contributed by atoms with Crippen molar-refractivity contribution in [2.75, 3.05) is 6.61 Å². The lowest BCUT2D eigenvalue weighted by Gasteiger charge is -2.16. The lowest BCUT2D eigenvalue weighted by Crippen LogP contribution is -2.06. The van der Waals surface area contributed by atoms with Crippen molar-refractivity contribution < 1.29 is 9.26 Å². The van der Waals surface area contributed by atoms with E-state index < -0.39 is 5.76 Å². The highest BCUT2D eigenvalue weighted by Crippen LogP contribution is 2.38. The minimum absolute atomic E-state index is 0.440. The SMILES string of the molecule is CCOc1nc2c(Cl)cccc2n1Cc1ccc2c(c1)CCc1ccccc1/C2=C(/C)c1noc(=O)[nH]1. The van der Waals surface area contributed by atoms with Crippen LogP contribution in [0.4, 0.5) is 0 Å². The van der Waals surface area contributed by atoms with Crippen LogP contribution in [-0.2, 0) is 19.4 Å². The van der Waals surface area contributed by atoms with Crippen LogP contribution in [0.25, 0.3) is 22.2 Å². The average Bonchev–Trinajstić information content (AvgIpc) is 3.44. The Kier molecular flexibility index (Phi) is 5.93. The number of hydrogen-bond acceptors (Lipinski definition) is 5. The molecule has 2 aromatic heterocycles. The molecule has 0 fully saturated rings. The minimum Gasteiger partial charge on any atom is -0.465 e. The van der Waals surface area contributed by atoms with Crippen molar-refractivity contribution in [2.45, 2.75) is 33.2 Å². The molecule has 0 atom stereocenters. The number of aromatic nitrogens is 4. The van der Waals surface area contributed by atoms with Crippen molar-refractivity contribution in [3.8, 4) is 6.01 Å². The monoisotopic (exact) mass is 512 g/mol. The van der Waals surface area contributed by atoms with Crippen LogP contribution in [0.15, 0.2) is 70.0 Å². The number of aryl methyl sites for hydroxylation is 2. The van der Waals surface area contributed by atoms with Gasteiger partial charge in [-0.15, -0.1) is 0 Å². The van der Waals surface area contributed by atoms with Gasteiger partial charge in [0.05, 0.1) is 23.7 Å². The Labute approximate surface area is 218 Å². The van der Waals surface area contributed by atoms with Gasteiger partial charge in [-0.2, -0.15) is 4.98 Å². The van der Waals surface area contributed by atoms with Crippen LogP contribution in [-0.4, -0.2) is 26.3 Å². The van der Waals surface area contributed by atoms with E-state index in [0.29, 0.717) is 30.0 Å². The maximum Gasteiger partial charge on any atom is 0.439 e. The molecule has 37 heavy (non-hydrogen) atoms. The van der Waals surface area contributed by atoms with Crippen molar-refractivity contribution in [3.63, 3.8) is 0 Å². The van der Waals surface area contributed by atoms with E-state index in [9.17, 15) is 4.79 Å². The Bertz CT molecular complexity index is 1730. The standard InChI is InChI=1S/C29H25ClN4O3/c1-3-36-28-31-26-23(30)9-6-10-24(26)34(28)16-18-11-14-22-20(15-18)13-12-19-7-4-5-8-21(19)25(22)17(2)27-32-29(35)37-33-27/h4-11,14-15H,3,12-13,16H2,1-2H3,(H,32,33,35)/b25-17+. The van der Waals surface area contributed by atoms with Crippen LogP contribution >= 0.6 is 11.6 Å². The topological polar surface area (TPSA) is 85.9 Å². The normalized spacial score (nSPS) is 14.2. The first-order chi connectivity index (χ1) is 18.0. The molecule has 0 radical (unpaired) electrons. The quantitative estimate of drug-likeness (QED) is 0.317. The second-order valence-electron chi connectivity index (χ2n) is 9.11. The molecule has 1 aliphatic carbocycles. The van der Waals surface area contributed by atoms with Gasteiger partial charge in [-0.1, -0.05) is 65.3 Å². The van der Waals surface area contributed by atoms with Crippen LogP contribution in [0.1, 0.15) is 47.5 Å². The molecular weight excluding hydrogens is 488 g/mol. The van der Waals surface area contributed by atoms with E-state index in [1.165, 1.54) is 11.1 Å². The van der Waals surface area contributed by atoms with Crippen LogP contribution in [0.5, 0.6) is 6.01 Å². The highest BCUT2D eigenvalue weighted by Gasteiger charge is 2.23. The predicted molar refractivity (Wildman–Crippen MR) is 144 cm³/mol. The fraction of sp³-hybridized carbons (Fsp3) is 0.207. The molecule has 0 spiro atoms.